The van der Waals surface area contributed by atoms with Crippen molar-refractivity contribution in [3.63, 3.8) is 0 Å². The Morgan fingerprint density at radius 3 is 2.36 bits per heavy atom. The fourth-order valence-corrected chi connectivity index (χ4v) is 3.81. The summed E-state index contributed by atoms with van der Waals surface area (Å²) in [6.45, 7) is 3.71. The molecule has 2 amide bonds. The van der Waals surface area contributed by atoms with E-state index in [1.54, 1.807) is 39.3 Å². The van der Waals surface area contributed by atoms with Gasteiger partial charge in [0.05, 0.1) is 19.9 Å². The van der Waals surface area contributed by atoms with Gasteiger partial charge in [-0.3, -0.25) is 9.59 Å². The molecule has 1 aliphatic rings. The van der Waals surface area contributed by atoms with Crippen molar-refractivity contribution >= 4 is 23.3 Å². The number of hydrogen-bond acceptors (Lipinski definition) is 7. The van der Waals surface area contributed by atoms with Gasteiger partial charge in [-0.15, -0.1) is 5.10 Å². The summed E-state index contributed by atoms with van der Waals surface area (Å²) in [5.41, 5.74) is 1.18. The van der Waals surface area contributed by atoms with Gasteiger partial charge >= 0.3 is 0 Å². The Morgan fingerprint density at radius 2 is 1.82 bits per heavy atom. The second-order valence-corrected chi connectivity index (χ2v) is 7.49. The molecule has 150 valence electrons. The maximum Gasteiger partial charge on any atom is 0.267 e. The van der Waals surface area contributed by atoms with Gasteiger partial charge in [0, 0.05) is 31.3 Å². The third-order valence-corrected chi connectivity index (χ3v) is 5.73. The maximum absolute atomic E-state index is 12.5. The normalized spacial score (nSPS) is 14.6. The largest absolute Gasteiger partial charge is 0.497 e. The molecule has 28 heavy (non-hydrogen) atoms. The van der Waals surface area contributed by atoms with E-state index >= 15 is 0 Å². The van der Waals surface area contributed by atoms with Crippen molar-refractivity contribution in [2.45, 2.75) is 19.8 Å². The van der Waals surface area contributed by atoms with Gasteiger partial charge in [-0.05, 0) is 49.3 Å². The minimum atomic E-state index is -0.165. The standard InChI is InChI=1S/C19H24N4O4S/c1-12-17(28-22-21-12)19(25)23-6-4-13(5-7-23)11-20-18(24)14-8-15(26-2)10-16(9-14)27-3/h8-10,13H,4-7,11H2,1-3H3,(H,20,24). The van der Waals surface area contributed by atoms with Crippen LogP contribution in [0.4, 0.5) is 0 Å². The Balaban J connectivity index is 1.51. The van der Waals surface area contributed by atoms with Crippen molar-refractivity contribution in [2.75, 3.05) is 33.9 Å². The number of piperidine rings is 1. The number of hydrogen-bond donors (Lipinski definition) is 1. The number of aromatic nitrogens is 2. The highest BCUT2D eigenvalue weighted by Crippen LogP contribution is 2.23. The van der Waals surface area contributed by atoms with Crippen LogP contribution in [0.5, 0.6) is 11.5 Å². The molecule has 0 radical (unpaired) electrons. The summed E-state index contributed by atoms with van der Waals surface area (Å²) in [4.78, 5) is 27.5. The maximum atomic E-state index is 12.5. The zero-order chi connectivity index (χ0) is 20.1. The van der Waals surface area contributed by atoms with Gasteiger partial charge in [0.2, 0.25) is 0 Å². The molecule has 0 unspecified atom stereocenters. The lowest BCUT2D eigenvalue weighted by Crippen LogP contribution is -2.41. The Morgan fingerprint density at radius 1 is 1.18 bits per heavy atom. The number of carbonyl (C=O) groups is 2. The predicted octanol–water partition coefficient (Wildman–Crippen LogP) is 2.15. The molecule has 9 heteroatoms. The predicted molar refractivity (Wildman–Crippen MR) is 105 cm³/mol. The van der Waals surface area contributed by atoms with Gasteiger partial charge in [0.15, 0.2) is 0 Å². The molecule has 1 fully saturated rings. The molecule has 0 spiro atoms. The second kappa shape index (κ2) is 9.01. The smallest absolute Gasteiger partial charge is 0.267 e. The van der Waals surface area contributed by atoms with Gasteiger partial charge in [-0.25, -0.2) is 0 Å². The first-order chi connectivity index (χ1) is 13.5. The van der Waals surface area contributed by atoms with Crippen LogP contribution in [0.2, 0.25) is 0 Å². The SMILES string of the molecule is COc1cc(OC)cc(C(=O)NCC2CCN(C(=O)c3snnc3C)CC2)c1. The molecule has 0 aliphatic carbocycles. The molecule has 8 nitrogen and oxygen atoms in total. The average molecular weight is 404 g/mol. The van der Waals surface area contributed by atoms with Crippen molar-refractivity contribution in [3.8, 4) is 11.5 Å². The quantitative estimate of drug-likeness (QED) is 0.793. The van der Waals surface area contributed by atoms with E-state index in [1.807, 2.05) is 4.90 Å². The summed E-state index contributed by atoms with van der Waals surface area (Å²) < 4.78 is 14.3. The molecule has 1 saturated heterocycles. The number of benzene rings is 1. The van der Waals surface area contributed by atoms with Crippen LogP contribution in [0.3, 0.4) is 0 Å². The van der Waals surface area contributed by atoms with Crippen molar-refractivity contribution in [2.24, 2.45) is 5.92 Å². The van der Waals surface area contributed by atoms with Crippen molar-refractivity contribution < 1.29 is 19.1 Å². The molecule has 1 aliphatic heterocycles. The first-order valence-corrected chi connectivity index (χ1v) is 9.88. The van der Waals surface area contributed by atoms with Gasteiger partial charge in [0.25, 0.3) is 11.8 Å². The summed E-state index contributed by atoms with van der Waals surface area (Å²) in [5, 5.41) is 6.89. The number of nitrogens with zero attached hydrogens (tertiary/aromatic N) is 3. The van der Waals surface area contributed by atoms with Crippen molar-refractivity contribution in [1.82, 2.24) is 19.8 Å². The van der Waals surface area contributed by atoms with Crippen LogP contribution in [0.15, 0.2) is 18.2 Å². The molecule has 1 aromatic heterocycles. The highest BCUT2D eigenvalue weighted by molar-refractivity contribution is 7.07. The third-order valence-electron chi connectivity index (χ3n) is 4.91. The lowest BCUT2D eigenvalue weighted by Gasteiger charge is -2.31. The van der Waals surface area contributed by atoms with Crippen LogP contribution in [0, 0.1) is 12.8 Å². The molecule has 0 saturated carbocycles. The Bertz CT molecular complexity index is 824. The average Bonchev–Trinajstić information content (AvgIpc) is 3.17. The van der Waals surface area contributed by atoms with Crippen LogP contribution in [-0.2, 0) is 0 Å². The van der Waals surface area contributed by atoms with Crippen molar-refractivity contribution in [3.05, 3.63) is 34.3 Å². The monoisotopic (exact) mass is 404 g/mol. The number of amides is 2. The summed E-state index contributed by atoms with van der Waals surface area (Å²) in [7, 11) is 3.10. The number of rotatable bonds is 6. The number of nitrogens with one attached hydrogen (secondary N) is 1. The van der Waals surface area contributed by atoms with Gasteiger partial charge in [0.1, 0.15) is 16.4 Å². The van der Waals surface area contributed by atoms with E-state index < -0.39 is 0 Å². The van der Waals surface area contributed by atoms with Crippen LogP contribution in [0.1, 0.15) is 38.6 Å². The fourth-order valence-electron chi connectivity index (χ4n) is 3.19. The highest BCUT2D eigenvalue weighted by Gasteiger charge is 2.26. The third kappa shape index (κ3) is 4.59. The first-order valence-electron chi connectivity index (χ1n) is 9.11. The minimum Gasteiger partial charge on any atom is -0.497 e. The molecule has 1 aromatic carbocycles. The molecular weight excluding hydrogens is 380 g/mol. The Hall–Kier alpha value is -2.68. The number of aryl methyl sites for hydroxylation is 1. The van der Waals surface area contributed by atoms with Crippen molar-refractivity contribution in [1.29, 1.82) is 0 Å². The Kier molecular flexibility index (Phi) is 6.45. The molecule has 0 atom stereocenters. The van der Waals surface area contributed by atoms with E-state index in [2.05, 4.69) is 14.9 Å². The highest BCUT2D eigenvalue weighted by atomic mass is 32.1. The van der Waals surface area contributed by atoms with E-state index in [-0.39, 0.29) is 11.8 Å². The van der Waals surface area contributed by atoms with Crippen LogP contribution in [0.25, 0.3) is 0 Å². The first kappa shape index (κ1) is 20.1. The van der Waals surface area contributed by atoms with Gasteiger partial charge < -0.3 is 19.7 Å². The fraction of sp³-hybridized carbons (Fsp3) is 0.474. The van der Waals surface area contributed by atoms with E-state index in [4.69, 9.17) is 9.47 Å². The molecular formula is C19H24N4O4S. The zero-order valence-corrected chi connectivity index (χ0v) is 17.0. The summed E-state index contributed by atoms with van der Waals surface area (Å²) >= 11 is 1.14. The summed E-state index contributed by atoms with van der Waals surface area (Å²) in [6, 6.07) is 5.10. The van der Waals surface area contributed by atoms with E-state index in [0.717, 1.165) is 24.4 Å². The van der Waals surface area contributed by atoms with Crippen LogP contribution >= 0.6 is 11.5 Å². The van der Waals surface area contributed by atoms with E-state index in [0.29, 0.717) is 53.2 Å². The number of ether oxygens (including phenoxy) is 2. The van der Waals surface area contributed by atoms with E-state index in [9.17, 15) is 9.59 Å². The molecule has 3 rings (SSSR count). The summed E-state index contributed by atoms with van der Waals surface area (Å²) in [5.74, 6) is 1.31. The molecule has 2 heterocycles. The minimum absolute atomic E-state index is 0.00142. The number of likely N-dealkylation sites (tertiary alicyclic amines) is 1. The number of carbonyl (C=O) groups excluding carboxylic acids is 2. The molecule has 0 bridgehead atoms. The van der Waals surface area contributed by atoms with E-state index in [1.165, 1.54) is 0 Å². The van der Waals surface area contributed by atoms with Gasteiger partial charge in [-0.2, -0.15) is 0 Å². The van der Waals surface area contributed by atoms with Crippen LogP contribution in [-0.4, -0.2) is 60.2 Å². The molecule has 2 aromatic rings. The topological polar surface area (TPSA) is 93.7 Å². The molecule has 1 N–H and O–H groups in total. The number of methoxy groups -OCH3 is 2. The Labute approximate surface area is 168 Å². The zero-order valence-electron chi connectivity index (χ0n) is 16.2. The summed E-state index contributed by atoms with van der Waals surface area (Å²) in [6.07, 6.45) is 1.69. The van der Waals surface area contributed by atoms with Crippen LogP contribution < -0.4 is 14.8 Å². The lowest BCUT2D eigenvalue weighted by molar-refractivity contribution is 0.0688. The van der Waals surface area contributed by atoms with Gasteiger partial charge in [-0.1, -0.05) is 4.49 Å². The lowest BCUT2D eigenvalue weighted by atomic mass is 9.96. The second-order valence-electron chi connectivity index (χ2n) is 6.73.